The molecule has 0 atom stereocenters. The molecule has 1 aliphatic heterocycles. The summed E-state index contributed by atoms with van der Waals surface area (Å²) in [6, 6.07) is 5.67. The normalized spacial score (nSPS) is 14.7. The number of anilines is 1. The predicted molar refractivity (Wildman–Crippen MR) is 108 cm³/mol. The lowest BCUT2D eigenvalue weighted by Gasteiger charge is -2.35. The van der Waals surface area contributed by atoms with Crippen LogP contribution in [0.15, 0.2) is 23.6 Å². The van der Waals surface area contributed by atoms with Crippen molar-refractivity contribution in [2.75, 3.05) is 31.1 Å². The van der Waals surface area contributed by atoms with E-state index in [9.17, 15) is 9.59 Å². The van der Waals surface area contributed by atoms with E-state index in [2.05, 4.69) is 28.7 Å². The van der Waals surface area contributed by atoms with Gasteiger partial charge in [-0.15, -0.1) is 11.3 Å². The lowest BCUT2D eigenvalue weighted by Crippen LogP contribution is -2.49. The molecule has 1 aliphatic rings. The van der Waals surface area contributed by atoms with Crippen LogP contribution in [0.2, 0.25) is 0 Å². The van der Waals surface area contributed by atoms with Gasteiger partial charge in [0.25, 0.3) is 0 Å². The minimum atomic E-state index is 0.0506. The van der Waals surface area contributed by atoms with Gasteiger partial charge in [0.2, 0.25) is 5.91 Å². The van der Waals surface area contributed by atoms with Gasteiger partial charge in [0.1, 0.15) is 11.6 Å². The summed E-state index contributed by atoms with van der Waals surface area (Å²) in [5, 5.41) is 1.88. The maximum atomic E-state index is 12.4. The molecule has 0 radical (unpaired) electrons. The molecular formula is C20H26N4O2S. The molecule has 0 bridgehead atoms. The summed E-state index contributed by atoms with van der Waals surface area (Å²) in [7, 11) is 0. The van der Waals surface area contributed by atoms with E-state index in [0.29, 0.717) is 13.1 Å². The topological polar surface area (TPSA) is 66.4 Å². The van der Waals surface area contributed by atoms with Crippen molar-refractivity contribution < 1.29 is 9.59 Å². The second-order valence-electron chi connectivity index (χ2n) is 7.15. The van der Waals surface area contributed by atoms with Crippen LogP contribution >= 0.6 is 11.3 Å². The maximum absolute atomic E-state index is 12.4. The first-order valence-corrected chi connectivity index (χ1v) is 10.3. The SMILES string of the molecule is Cc1cc(N2CCN(C(=O)CCC(=O)c3cccs3)CC2)nc(C(C)C)n1. The quantitative estimate of drug-likeness (QED) is 0.713. The molecule has 1 saturated heterocycles. The van der Waals surface area contributed by atoms with Gasteiger partial charge in [-0.1, -0.05) is 19.9 Å². The molecule has 144 valence electrons. The number of amides is 1. The fourth-order valence-electron chi connectivity index (χ4n) is 3.12. The van der Waals surface area contributed by atoms with Crippen LogP contribution in [-0.2, 0) is 4.79 Å². The fourth-order valence-corrected chi connectivity index (χ4v) is 3.81. The molecular weight excluding hydrogens is 360 g/mol. The van der Waals surface area contributed by atoms with Crippen molar-refractivity contribution in [1.29, 1.82) is 0 Å². The number of ketones is 1. The van der Waals surface area contributed by atoms with E-state index >= 15 is 0 Å². The molecule has 0 aliphatic carbocycles. The number of nitrogens with zero attached hydrogens (tertiary/aromatic N) is 4. The zero-order valence-electron chi connectivity index (χ0n) is 16.1. The van der Waals surface area contributed by atoms with Crippen LogP contribution in [0.4, 0.5) is 5.82 Å². The van der Waals surface area contributed by atoms with Gasteiger partial charge in [0, 0.05) is 56.7 Å². The summed E-state index contributed by atoms with van der Waals surface area (Å²) in [5.74, 6) is 2.19. The smallest absolute Gasteiger partial charge is 0.223 e. The predicted octanol–water partition coefficient (Wildman–Crippen LogP) is 3.28. The Morgan fingerprint density at radius 2 is 1.89 bits per heavy atom. The molecule has 6 nitrogen and oxygen atoms in total. The molecule has 3 rings (SSSR count). The summed E-state index contributed by atoms with van der Waals surface area (Å²) in [6.45, 7) is 8.98. The highest BCUT2D eigenvalue weighted by Gasteiger charge is 2.23. The standard InChI is InChI=1S/C20H26N4O2S/c1-14(2)20-21-15(3)13-18(22-20)23-8-10-24(11-9-23)19(26)7-6-16(25)17-5-4-12-27-17/h4-5,12-14H,6-11H2,1-3H3. The van der Waals surface area contributed by atoms with Gasteiger partial charge in [-0.2, -0.15) is 0 Å². The van der Waals surface area contributed by atoms with Crippen LogP contribution in [0.3, 0.4) is 0 Å². The van der Waals surface area contributed by atoms with Gasteiger partial charge in [0.15, 0.2) is 5.78 Å². The Kier molecular flexibility index (Phi) is 6.21. The van der Waals surface area contributed by atoms with Gasteiger partial charge in [-0.3, -0.25) is 9.59 Å². The lowest BCUT2D eigenvalue weighted by molar-refractivity contribution is -0.131. The van der Waals surface area contributed by atoms with E-state index in [4.69, 9.17) is 0 Å². The molecule has 7 heteroatoms. The Morgan fingerprint density at radius 3 is 2.52 bits per heavy atom. The number of aromatic nitrogens is 2. The summed E-state index contributed by atoms with van der Waals surface area (Å²) >= 11 is 1.43. The minimum absolute atomic E-state index is 0.0506. The number of hydrogen-bond acceptors (Lipinski definition) is 6. The number of Topliss-reactive ketones (excluding diaryl/α,β-unsaturated/α-hetero) is 1. The van der Waals surface area contributed by atoms with Crippen molar-refractivity contribution in [3.05, 3.63) is 40.0 Å². The van der Waals surface area contributed by atoms with Crippen LogP contribution in [0, 0.1) is 6.92 Å². The third-order valence-corrected chi connectivity index (χ3v) is 5.60. The van der Waals surface area contributed by atoms with Crippen molar-refractivity contribution in [2.24, 2.45) is 0 Å². The Balaban J connectivity index is 1.52. The van der Waals surface area contributed by atoms with Crippen molar-refractivity contribution in [1.82, 2.24) is 14.9 Å². The van der Waals surface area contributed by atoms with Crippen LogP contribution in [0.25, 0.3) is 0 Å². The number of aryl methyl sites for hydroxylation is 1. The van der Waals surface area contributed by atoms with E-state index in [1.54, 1.807) is 0 Å². The Labute approximate surface area is 164 Å². The highest BCUT2D eigenvalue weighted by molar-refractivity contribution is 7.12. The average Bonchev–Trinajstić information content (AvgIpc) is 3.20. The van der Waals surface area contributed by atoms with Crippen molar-refractivity contribution >= 4 is 28.8 Å². The number of carbonyl (C=O) groups excluding carboxylic acids is 2. The summed E-state index contributed by atoms with van der Waals surface area (Å²) in [4.78, 5) is 38.5. The third-order valence-electron chi connectivity index (χ3n) is 4.69. The number of piperazine rings is 1. The number of thiophene rings is 1. The Morgan fingerprint density at radius 1 is 1.15 bits per heavy atom. The van der Waals surface area contributed by atoms with Crippen molar-refractivity contribution in [3.8, 4) is 0 Å². The largest absolute Gasteiger partial charge is 0.353 e. The highest BCUT2D eigenvalue weighted by Crippen LogP contribution is 2.19. The molecule has 1 amide bonds. The van der Waals surface area contributed by atoms with Gasteiger partial charge in [0.05, 0.1) is 4.88 Å². The zero-order valence-corrected chi connectivity index (χ0v) is 17.0. The van der Waals surface area contributed by atoms with E-state index in [1.807, 2.05) is 35.4 Å². The average molecular weight is 387 g/mol. The molecule has 2 aromatic heterocycles. The monoisotopic (exact) mass is 386 g/mol. The number of rotatable bonds is 6. The Bertz CT molecular complexity index is 796. The first-order chi connectivity index (χ1) is 12.9. The van der Waals surface area contributed by atoms with Crippen LogP contribution < -0.4 is 4.90 Å². The molecule has 27 heavy (non-hydrogen) atoms. The first-order valence-electron chi connectivity index (χ1n) is 9.39. The van der Waals surface area contributed by atoms with Crippen LogP contribution in [0.1, 0.15) is 53.8 Å². The number of carbonyl (C=O) groups is 2. The summed E-state index contributed by atoms with van der Waals surface area (Å²) < 4.78 is 0. The zero-order chi connectivity index (χ0) is 19.4. The van der Waals surface area contributed by atoms with E-state index < -0.39 is 0 Å². The fraction of sp³-hybridized carbons (Fsp3) is 0.500. The van der Waals surface area contributed by atoms with Gasteiger partial charge in [-0.05, 0) is 18.4 Å². The van der Waals surface area contributed by atoms with Gasteiger partial charge >= 0.3 is 0 Å². The molecule has 0 unspecified atom stereocenters. The molecule has 1 fully saturated rings. The Hall–Kier alpha value is -2.28. The van der Waals surface area contributed by atoms with Crippen molar-refractivity contribution in [2.45, 2.75) is 39.5 Å². The minimum Gasteiger partial charge on any atom is -0.353 e. The van der Waals surface area contributed by atoms with E-state index in [1.165, 1.54) is 11.3 Å². The van der Waals surface area contributed by atoms with Gasteiger partial charge < -0.3 is 9.80 Å². The molecule has 3 heterocycles. The third kappa shape index (κ3) is 4.91. The molecule has 0 aromatic carbocycles. The molecule has 0 N–H and O–H groups in total. The van der Waals surface area contributed by atoms with Crippen LogP contribution in [0.5, 0.6) is 0 Å². The second kappa shape index (κ2) is 8.61. The maximum Gasteiger partial charge on any atom is 0.223 e. The first kappa shape index (κ1) is 19.5. The molecule has 0 saturated carbocycles. The second-order valence-corrected chi connectivity index (χ2v) is 8.10. The molecule has 2 aromatic rings. The highest BCUT2D eigenvalue weighted by atomic mass is 32.1. The van der Waals surface area contributed by atoms with Gasteiger partial charge in [-0.25, -0.2) is 9.97 Å². The van der Waals surface area contributed by atoms with E-state index in [0.717, 1.165) is 35.3 Å². The van der Waals surface area contributed by atoms with E-state index in [-0.39, 0.29) is 30.4 Å². The summed E-state index contributed by atoms with van der Waals surface area (Å²) in [5.41, 5.74) is 0.967. The molecule has 0 spiro atoms. The van der Waals surface area contributed by atoms with Crippen LogP contribution in [-0.4, -0.2) is 52.7 Å². The lowest BCUT2D eigenvalue weighted by atomic mass is 10.1. The summed E-state index contributed by atoms with van der Waals surface area (Å²) in [6.07, 6.45) is 0.559. The number of hydrogen-bond donors (Lipinski definition) is 0. The van der Waals surface area contributed by atoms with Crippen molar-refractivity contribution in [3.63, 3.8) is 0 Å².